The monoisotopic (exact) mass is 251 g/mol. The Bertz CT molecular complexity index is 414. The first-order chi connectivity index (χ1) is 8.41. The lowest BCUT2D eigenvalue weighted by Crippen LogP contribution is -2.07. The summed E-state index contributed by atoms with van der Waals surface area (Å²) in [5.41, 5.74) is 1.94. The first-order valence-electron chi connectivity index (χ1n) is 6.30. The maximum atomic E-state index is 11.1. The maximum absolute atomic E-state index is 11.1. The maximum Gasteiger partial charge on any atom is 0.272 e. The van der Waals surface area contributed by atoms with Gasteiger partial charge in [0, 0.05) is 18.1 Å². The summed E-state index contributed by atoms with van der Waals surface area (Å²) in [5, 5.41) is 11.1. The lowest BCUT2D eigenvalue weighted by atomic mass is 9.99. The van der Waals surface area contributed by atoms with Crippen LogP contribution in [0.4, 0.5) is 5.69 Å². The van der Waals surface area contributed by atoms with Gasteiger partial charge in [-0.3, -0.25) is 10.1 Å². The van der Waals surface area contributed by atoms with Crippen molar-refractivity contribution in [1.82, 2.24) is 0 Å². The molecule has 4 nitrogen and oxygen atoms in total. The highest BCUT2D eigenvalue weighted by Crippen LogP contribution is 2.25. The third-order valence-corrected chi connectivity index (χ3v) is 2.80. The summed E-state index contributed by atoms with van der Waals surface area (Å²) >= 11 is 0. The van der Waals surface area contributed by atoms with E-state index in [1.807, 2.05) is 39.8 Å². The average molecular weight is 251 g/mol. The molecule has 0 N–H and O–H groups in total. The highest BCUT2D eigenvalue weighted by atomic mass is 16.6. The molecule has 0 spiro atoms. The molecule has 100 valence electrons. The van der Waals surface area contributed by atoms with Crippen molar-refractivity contribution in [2.24, 2.45) is 0 Å². The van der Waals surface area contributed by atoms with E-state index in [-0.39, 0.29) is 16.7 Å². The predicted octanol–water partition coefficient (Wildman–Crippen LogP) is 3.69. The Morgan fingerprint density at radius 2 is 1.94 bits per heavy atom. The number of hydrogen-bond acceptors (Lipinski definition) is 3. The first-order valence-corrected chi connectivity index (χ1v) is 6.30. The van der Waals surface area contributed by atoms with Crippen molar-refractivity contribution in [2.45, 2.75) is 46.1 Å². The lowest BCUT2D eigenvalue weighted by Gasteiger charge is -2.10. The molecule has 0 bridgehead atoms. The summed E-state index contributed by atoms with van der Waals surface area (Å²) < 4.78 is 5.44. The fraction of sp³-hybridized carbons (Fsp3) is 0.571. The van der Waals surface area contributed by atoms with Gasteiger partial charge in [0.2, 0.25) is 0 Å². The van der Waals surface area contributed by atoms with Crippen LogP contribution in [0.15, 0.2) is 18.2 Å². The molecule has 1 aromatic rings. The van der Waals surface area contributed by atoms with Crippen molar-refractivity contribution in [2.75, 3.05) is 6.61 Å². The van der Waals surface area contributed by atoms with E-state index >= 15 is 0 Å². The van der Waals surface area contributed by atoms with Crippen molar-refractivity contribution < 1.29 is 9.66 Å². The molecule has 0 saturated heterocycles. The first kappa shape index (κ1) is 14.6. The molecule has 0 radical (unpaired) electrons. The Hall–Kier alpha value is -1.42. The van der Waals surface area contributed by atoms with Crippen molar-refractivity contribution >= 4 is 5.69 Å². The lowest BCUT2D eigenvalue weighted by molar-refractivity contribution is -0.385. The van der Waals surface area contributed by atoms with Crippen LogP contribution in [0, 0.1) is 10.1 Å². The highest BCUT2D eigenvalue weighted by molar-refractivity contribution is 5.44. The molecule has 0 aliphatic heterocycles. The molecule has 18 heavy (non-hydrogen) atoms. The van der Waals surface area contributed by atoms with Crippen molar-refractivity contribution in [1.29, 1.82) is 0 Å². The Balaban J connectivity index is 2.87. The van der Waals surface area contributed by atoms with Gasteiger partial charge in [-0.25, -0.2) is 0 Å². The van der Waals surface area contributed by atoms with Crippen LogP contribution in [0.1, 0.15) is 44.7 Å². The summed E-state index contributed by atoms with van der Waals surface area (Å²) in [7, 11) is 0. The minimum absolute atomic E-state index is 0.152. The summed E-state index contributed by atoms with van der Waals surface area (Å²) in [5.74, 6) is 0.296. The molecule has 0 aliphatic carbocycles. The third-order valence-electron chi connectivity index (χ3n) is 2.80. The van der Waals surface area contributed by atoms with Gasteiger partial charge in [0.05, 0.1) is 17.6 Å². The third kappa shape index (κ3) is 4.11. The van der Waals surface area contributed by atoms with Gasteiger partial charge in [0.25, 0.3) is 5.69 Å². The van der Waals surface area contributed by atoms with Crippen LogP contribution in [0.5, 0.6) is 0 Å². The summed E-state index contributed by atoms with van der Waals surface area (Å²) in [6.07, 6.45) is 0.728. The molecule has 0 fully saturated rings. The zero-order chi connectivity index (χ0) is 13.7. The zero-order valence-corrected chi connectivity index (χ0v) is 11.5. The quantitative estimate of drug-likeness (QED) is 0.572. The topological polar surface area (TPSA) is 52.4 Å². The number of hydrogen-bond donors (Lipinski definition) is 0. The molecule has 0 saturated carbocycles. The Morgan fingerprint density at radius 1 is 1.28 bits per heavy atom. The number of nitro benzene ring substituents is 1. The predicted molar refractivity (Wildman–Crippen MR) is 72.0 cm³/mol. The molecule has 0 amide bonds. The number of rotatable bonds is 6. The van der Waals surface area contributed by atoms with Crippen LogP contribution >= 0.6 is 0 Å². The average Bonchev–Trinajstić information content (AvgIpc) is 2.28. The Kier molecular flexibility index (Phi) is 5.28. The van der Waals surface area contributed by atoms with Gasteiger partial charge in [-0.15, -0.1) is 0 Å². The second-order valence-corrected chi connectivity index (χ2v) is 4.97. The van der Waals surface area contributed by atoms with Crippen LogP contribution in [0.2, 0.25) is 0 Å². The summed E-state index contributed by atoms with van der Waals surface area (Å²) in [4.78, 5) is 10.7. The smallest absolute Gasteiger partial charge is 0.272 e. The van der Waals surface area contributed by atoms with Gasteiger partial charge < -0.3 is 4.74 Å². The molecular weight excluding hydrogens is 230 g/mol. The van der Waals surface area contributed by atoms with Gasteiger partial charge in [-0.05, 0) is 25.3 Å². The van der Waals surface area contributed by atoms with E-state index in [1.54, 1.807) is 6.07 Å². The molecular formula is C14H21NO3. The van der Waals surface area contributed by atoms with Gasteiger partial charge in [-0.2, -0.15) is 0 Å². The van der Waals surface area contributed by atoms with Crippen molar-refractivity contribution in [3.63, 3.8) is 0 Å². The summed E-state index contributed by atoms with van der Waals surface area (Å²) in [6.45, 7) is 8.48. The minimum atomic E-state index is -0.309. The number of nitrogens with zero attached hydrogens (tertiary/aromatic N) is 1. The van der Waals surface area contributed by atoms with E-state index < -0.39 is 0 Å². The SMILES string of the molecule is CC(C)OCCc1ccc(C(C)C)cc1[N+](=O)[O-]. The van der Waals surface area contributed by atoms with E-state index in [4.69, 9.17) is 4.74 Å². The normalized spacial score (nSPS) is 11.2. The van der Waals surface area contributed by atoms with Crippen LogP contribution in [0.3, 0.4) is 0 Å². The van der Waals surface area contributed by atoms with Crippen molar-refractivity contribution in [3.05, 3.63) is 39.4 Å². The molecule has 1 rings (SSSR count). The molecule has 0 aliphatic rings. The van der Waals surface area contributed by atoms with Gasteiger partial charge in [-0.1, -0.05) is 26.0 Å². The molecule has 0 unspecified atom stereocenters. The van der Waals surface area contributed by atoms with E-state index in [0.717, 1.165) is 11.1 Å². The minimum Gasteiger partial charge on any atom is -0.378 e. The number of nitro groups is 1. The van der Waals surface area contributed by atoms with E-state index in [0.29, 0.717) is 18.9 Å². The second-order valence-electron chi connectivity index (χ2n) is 4.97. The van der Waals surface area contributed by atoms with Crippen LogP contribution in [-0.4, -0.2) is 17.6 Å². The van der Waals surface area contributed by atoms with Crippen LogP contribution in [-0.2, 0) is 11.2 Å². The standard InChI is InChI=1S/C14H21NO3/c1-10(2)13-6-5-12(7-8-18-11(3)4)14(9-13)15(16)17/h5-6,9-11H,7-8H2,1-4H3. The molecule has 1 aromatic carbocycles. The Morgan fingerprint density at radius 3 is 2.44 bits per heavy atom. The molecule has 0 atom stereocenters. The van der Waals surface area contributed by atoms with E-state index in [1.165, 1.54) is 0 Å². The van der Waals surface area contributed by atoms with E-state index in [2.05, 4.69) is 0 Å². The largest absolute Gasteiger partial charge is 0.378 e. The molecule has 0 heterocycles. The highest BCUT2D eigenvalue weighted by Gasteiger charge is 2.15. The molecule has 0 aromatic heterocycles. The summed E-state index contributed by atoms with van der Waals surface area (Å²) in [6, 6.07) is 5.48. The second kappa shape index (κ2) is 6.50. The Labute approximate surface area is 108 Å². The van der Waals surface area contributed by atoms with Crippen LogP contribution < -0.4 is 0 Å². The van der Waals surface area contributed by atoms with Gasteiger partial charge in [0.1, 0.15) is 0 Å². The fourth-order valence-corrected chi connectivity index (χ4v) is 1.73. The van der Waals surface area contributed by atoms with Gasteiger partial charge >= 0.3 is 0 Å². The fourth-order valence-electron chi connectivity index (χ4n) is 1.73. The molecule has 4 heteroatoms. The zero-order valence-electron chi connectivity index (χ0n) is 11.5. The van der Waals surface area contributed by atoms with Crippen molar-refractivity contribution in [3.8, 4) is 0 Å². The van der Waals surface area contributed by atoms with Crippen LogP contribution in [0.25, 0.3) is 0 Å². The van der Waals surface area contributed by atoms with Gasteiger partial charge in [0.15, 0.2) is 0 Å². The number of benzene rings is 1. The number of ether oxygens (including phenoxy) is 1. The van der Waals surface area contributed by atoms with E-state index in [9.17, 15) is 10.1 Å².